The third kappa shape index (κ3) is 5.51. The Morgan fingerprint density at radius 3 is 2.19 bits per heavy atom. The first-order valence-electron chi connectivity index (χ1n) is 6.76. The number of nitrogens with zero attached hydrogens (tertiary/aromatic N) is 1. The van der Waals surface area contributed by atoms with Crippen molar-refractivity contribution in [2.75, 3.05) is 0 Å². The Hall–Kier alpha value is -1.98. The zero-order valence-electron chi connectivity index (χ0n) is 13.1. The van der Waals surface area contributed by atoms with Gasteiger partial charge in [-0.1, -0.05) is 18.2 Å². The van der Waals surface area contributed by atoms with E-state index in [1.165, 1.54) is 0 Å². The number of carboxylic acids is 1. The van der Waals surface area contributed by atoms with Gasteiger partial charge in [0.15, 0.2) is 0 Å². The van der Waals surface area contributed by atoms with Gasteiger partial charge in [-0.25, -0.2) is 4.79 Å². The Morgan fingerprint density at radius 2 is 1.62 bits per heavy atom. The molecule has 1 radical (unpaired) electrons. The fourth-order valence-electron chi connectivity index (χ4n) is 1.94. The predicted octanol–water partition coefficient (Wildman–Crippen LogP) is 2.28. The Kier molecular flexibility index (Phi) is 7.73. The molecule has 133 valence electrons. The maximum absolute atomic E-state index is 10.6. The number of carboxylic acid groups (broad SMARTS) is 1. The molecule has 0 spiro atoms. The van der Waals surface area contributed by atoms with Crippen LogP contribution in [0.3, 0.4) is 0 Å². The maximum atomic E-state index is 10.6. The number of phenolic OH excluding ortho intramolecular Hbond substituents is 1. The summed E-state index contributed by atoms with van der Waals surface area (Å²) in [7, 11) is -4.45. The molecule has 0 aliphatic carbocycles. The predicted molar refractivity (Wildman–Crippen MR) is 88.3 cm³/mol. The summed E-state index contributed by atoms with van der Waals surface area (Å²) in [4.78, 5) is 13.9. The first-order chi connectivity index (χ1) is 11.7. The summed E-state index contributed by atoms with van der Waals surface area (Å²) in [6, 6.07) is 11.6. The average molecular weight is 502 g/mol. The van der Waals surface area contributed by atoms with Gasteiger partial charge >= 0.3 is 5.97 Å². The van der Waals surface area contributed by atoms with E-state index in [-0.39, 0.29) is 41.3 Å². The quantitative estimate of drug-likeness (QED) is 0.391. The van der Waals surface area contributed by atoms with Gasteiger partial charge < -0.3 is 15.3 Å². The Morgan fingerprint density at radius 1 is 0.962 bits per heavy atom. The molecule has 8 nitrogen and oxygen atoms in total. The number of aromatic hydroxyl groups is 2. The van der Waals surface area contributed by atoms with Crippen molar-refractivity contribution in [3.8, 4) is 11.5 Å². The second-order valence-corrected chi connectivity index (χ2v) is 6.23. The summed E-state index contributed by atoms with van der Waals surface area (Å²) in [6.45, 7) is 0. The smallest absolute Gasteiger partial charge is 0.339 e. The van der Waals surface area contributed by atoms with E-state index >= 15 is 0 Å². The average Bonchev–Trinajstić information content (AvgIpc) is 2.55. The molecule has 0 unspecified atom stereocenters. The molecule has 10 heteroatoms. The van der Waals surface area contributed by atoms with Crippen LogP contribution in [0.5, 0.6) is 11.5 Å². The van der Waals surface area contributed by atoms with Crippen molar-refractivity contribution in [3.63, 3.8) is 0 Å². The van der Waals surface area contributed by atoms with Gasteiger partial charge in [-0.15, -0.1) is 0 Å². The van der Waals surface area contributed by atoms with Gasteiger partial charge in [0, 0.05) is 47.2 Å². The normalized spacial score (nSPS) is 10.3. The number of rotatable bonds is 2. The van der Waals surface area contributed by atoms with Crippen LogP contribution in [-0.4, -0.2) is 39.2 Å². The van der Waals surface area contributed by atoms with Crippen LogP contribution < -0.4 is 0 Å². The minimum Gasteiger partial charge on any atom is -0.507 e. The third-order valence-corrected chi connectivity index (χ3v) is 3.96. The molecule has 2 aromatic carbocycles. The number of hydrogen-bond donors (Lipinski definition) is 4. The number of para-hydroxylation sites is 1. The number of benzene rings is 2. The van der Waals surface area contributed by atoms with E-state index in [0.717, 1.165) is 17.5 Å². The molecule has 0 saturated carbocycles. The van der Waals surface area contributed by atoms with Crippen LogP contribution in [0.1, 0.15) is 10.4 Å². The van der Waals surface area contributed by atoms with E-state index < -0.39 is 32.3 Å². The first kappa shape index (κ1) is 22.1. The van der Waals surface area contributed by atoms with Crippen molar-refractivity contribution < 1.29 is 68.7 Å². The van der Waals surface area contributed by atoms with Crippen molar-refractivity contribution in [3.05, 3.63) is 60.3 Å². The summed E-state index contributed by atoms with van der Waals surface area (Å²) in [5, 5.41) is 27.8. The molecule has 3 aromatic rings. The topological polar surface area (TPSA) is 145 Å². The maximum Gasteiger partial charge on any atom is 0.339 e. The standard InChI is InChI=1S/C9H7NO.C7H6O6S.La/c11-8-5-1-3-7-4-2-6-10-9(7)8;8-6-2-1-4(14(11,12)13)3-5(6)7(9)10;/h1-6,11H;1-3,8H,(H,9,10)(H,11,12,13);. The monoisotopic (exact) mass is 502 g/mol. The molecule has 3 rings (SSSR count). The van der Waals surface area contributed by atoms with Crippen molar-refractivity contribution >= 4 is 27.0 Å². The van der Waals surface area contributed by atoms with Crippen LogP contribution in [-0.2, 0) is 10.1 Å². The largest absolute Gasteiger partial charge is 0.507 e. The Labute approximate surface area is 176 Å². The SMILES string of the molecule is O=C(O)c1cc(S(=O)(=O)O)ccc1O.Oc1cccc2cccnc12.[La]. The van der Waals surface area contributed by atoms with Gasteiger partial charge in [-0.2, -0.15) is 8.42 Å². The molecule has 26 heavy (non-hydrogen) atoms. The van der Waals surface area contributed by atoms with Crippen LogP contribution in [0.4, 0.5) is 0 Å². The van der Waals surface area contributed by atoms with Gasteiger partial charge in [0.2, 0.25) is 0 Å². The van der Waals surface area contributed by atoms with Gasteiger partial charge in [-0.3, -0.25) is 9.54 Å². The molecule has 0 aliphatic rings. The van der Waals surface area contributed by atoms with Gasteiger partial charge in [0.05, 0.1) is 4.90 Å². The Balaban J connectivity index is 0.000000256. The van der Waals surface area contributed by atoms with Gasteiger partial charge in [0.25, 0.3) is 10.1 Å². The number of hydrogen-bond acceptors (Lipinski definition) is 6. The molecular weight excluding hydrogens is 489 g/mol. The molecule has 0 saturated heterocycles. The summed E-state index contributed by atoms with van der Waals surface area (Å²) in [6.07, 6.45) is 1.67. The molecule has 4 N–H and O–H groups in total. The van der Waals surface area contributed by atoms with Crippen molar-refractivity contribution in [2.24, 2.45) is 0 Å². The molecule has 1 aromatic heterocycles. The second kappa shape index (κ2) is 9.10. The molecule has 0 fully saturated rings. The zero-order valence-corrected chi connectivity index (χ0v) is 17.6. The number of pyridine rings is 1. The second-order valence-electron chi connectivity index (χ2n) is 4.81. The molecule has 0 aliphatic heterocycles. The number of fused-ring (bicyclic) bond motifs is 1. The zero-order chi connectivity index (χ0) is 18.6. The Bertz CT molecular complexity index is 1030. The van der Waals surface area contributed by atoms with E-state index in [1.54, 1.807) is 18.3 Å². The number of aromatic nitrogens is 1. The molecule has 0 bridgehead atoms. The van der Waals surface area contributed by atoms with Crippen LogP contribution in [0.2, 0.25) is 0 Å². The number of aromatic carboxylic acids is 1. The van der Waals surface area contributed by atoms with Crippen LogP contribution >= 0.6 is 0 Å². The van der Waals surface area contributed by atoms with Crippen molar-refractivity contribution in [1.82, 2.24) is 4.98 Å². The number of phenols is 2. The molecule has 0 atom stereocenters. The first-order valence-corrected chi connectivity index (χ1v) is 8.20. The van der Waals surface area contributed by atoms with Crippen molar-refractivity contribution in [2.45, 2.75) is 4.90 Å². The summed E-state index contributed by atoms with van der Waals surface area (Å²) >= 11 is 0. The fraction of sp³-hybridized carbons (Fsp3) is 0. The molecule has 0 amide bonds. The summed E-state index contributed by atoms with van der Waals surface area (Å²) in [5.41, 5.74) is 0.0788. The number of carbonyl (C=O) groups is 1. The van der Waals surface area contributed by atoms with Gasteiger partial charge in [-0.05, 0) is 30.3 Å². The minimum atomic E-state index is -4.45. The van der Waals surface area contributed by atoms with E-state index in [9.17, 15) is 18.3 Å². The van der Waals surface area contributed by atoms with Crippen molar-refractivity contribution in [1.29, 1.82) is 0 Å². The summed E-state index contributed by atoms with van der Waals surface area (Å²) in [5.74, 6) is -1.80. The van der Waals surface area contributed by atoms with E-state index in [1.807, 2.05) is 18.2 Å². The van der Waals surface area contributed by atoms with E-state index in [0.29, 0.717) is 11.6 Å². The van der Waals surface area contributed by atoms with E-state index in [4.69, 9.17) is 14.8 Å². The van der Waals surface area contributed by atoms with Crippen LogP contribution in [0, 0.1) is 35.6 Å². The summed E-state index contributed by atoms with van der Waals surface area (Å²) < 4.78 is 29.8. The molecule has 1 heterocycles. The van der Waals surface area contributed by atoms with Crippen LogP contribution in [0.15, 0.2) is 59.6 Å². The minimum absolute atomic E-state index is 0. The van der Waals surface area contributed by atoms with Gasteiger partial charge in [0.1, 0.15) is 22.6 Å². The third-order valence-electron chi connectivity index (χ3n) is 3.11. The van der Waals surface area contributed by atoms with Crippen LogP contribution in [0.25, 0.3) is 10.9 Å². The molecular formula is C16H13LaNO7S. The fourth-order valence-corrected chi connectivity index (χ4v) is 2.44. The van der Waals surface area contributed by atoms with E-state index in [2.05, 4.69) is 4.98 Å².